The maximum absolute atomic E-state index is 11.9. The third-order valence-corrected chi connectivity index (χ3v) is 3.33. The number of aromatic nitrogens is 3. The molecule has 2 aromatic rings. The summed E-state index contributed by atoms with van der Waals surface area (Å²) in [5, 5.41) is 10.5. The molecule has 1 aromatic carbocycles. The summed E-state index contributed by atoms with van der Waals surface area (Å²) in [5.41, 5.74) is 1.38. The monoisotopic (exact) mass is 287 g/mol. The van der Waals surface area contributed by atoms with Crippen LogP contribution in [0.15, 0.2) is 24.3 Å². The third kappa shape index (κ3) is 3.04. The summed E-state index contributed by atoms with van der Waals surface area (Å²) in [6.07, 6.45) is 2.44. The van der Waals surface area contributed by atoms with Gasteiger partial charge in [-0.05, 0) is 37.8 Å². The summed E-state index contributed by atoms with van der Waals surface area (Å²) < 4.78 is 10.8. The highest BCUT2D eigenvalue weighted by molar-refractivity contribution is 5.94. The number of nitrogens with one attached hydrogen (secondary N) is 1. The van der Waals surface area contributed by atoms with Crippen LogP contribution in [0.2, 0.25) is 0 Å². The lowest BCUT2D eigenvalue weighted by atomic mass is 10.1. The van der Waals surface area contributed by atoms with Crippen LogP contribution in [0.4, 0.5) is 0 Å². The number of ether oxygens (including phenoxy) is 2. The molecule has 6 heteroatoms. The number of H-pyrrole nitrogens is 1. The molecule has 0 bridgehead atoms. The molecule has 0 radical (unpaired) electrons. The van der Waals surface area contributed by atoms with Gasteiger partial charge in [-0.2, -0.15) is 10.3 Å². The van der Waals surface area contributed by atoms with E-state index in [1.807, 2.05) is 24.3 Å². The van der Waals surface area contributed by atoms with Crippen LogP contribution in [-0.2, 0) is 4.74 Å². The summed E-state index contributed by atoms with van der Waals surface area (Å²) >= 11 is 0. The quantitative estimate of drug-likeness (QED) is 0.826. The molecular weight excluding hydrogens is 270 g/mol. The number of esters is 1. The van der Waals surface area contributed by atoms with E-state index in [0.29, 0.717) is 30.6 Å². The lowest BCUT2D eigenvalue weighted by Gasteiger charge is -2.10. The second-order valence-corrected chi connectivity index (χ2v) is 4.99. The molecule has 0 atom stereocenters. The summed E-state index contributed by atoms with van der Waals surface area (Å²) in [6.45, 7) is 2.75. The fourth-order valence-electron chi connectivity index (χ4n) is 2.04. The van der Waals surface area contributed by atoms with Crippen molar-refractivity contribution >= 4 is 5.97 Å². The van der Waals surface area contributed by atoms with Crippen LogP contribution >= 0.6 is 0 Å². The highest BCUT2D eigenvalue weighted by Gasteiger charge is 2.24. The van der Waals surface area contributed by atoms with Gasteiger partial charge in [-0.25, -0.2) is 4.79 Å². The number of carbonyl (C=O) groups is 1. The minimum Gasteiger partial charge on any atom is -0.493 e. The molecule has 1 saturated carbocycles. The van der Waals surface area contributed by atoms with Crippen LogP contribution in [0.25, 0.3) is 11.3 Å². The Morgan fingerprint density at radius 3 is 2.90 bits per heavy atom. The first-order valence-corrected chi connectivity index (χ1v) is 7.09. The minimum absolute atomic E-state index is 0.180. The highest BCUT2D eigenvalue weighted by atomic mass is 16.5. The Labute approximate surface area is 122 Å². The highest BCUT2D eigenvalue weighted by Crippen LogP contribution is 2.33. The molecule has 1 aliphatic rings. The normalized spacial score (nSPS) is 14.0. The second-order valence-electron chi connectivity index (χ2n) is 4.99. The maximum Gasteiger partial charge on any atom is 0.361 e. The van der Waals surface area contributed by atoms with Gasteiger partial charge in [0.25, 0.3) is 0 Å². The Balaban J connectivity index is 1.89. The molecule has 110 valence electrons. The van der Waals surface area contributed by atoms with Crippen molar-refractivity contribution in [2.75, 3.05) is 13.2 Å². The van der Waals surface area contributed by atoms with Crippen molar-refractivity contribution in [2.45, 2.75) is 19.8 Å². The average molecular weight is 287 g/mol. The summed E-state index contributed by atoms with van der Waals surface area (Å²) in [7, 11) is 0. The number of para-hydroxylation sites is 1. The lowest BCUT2D eigenvalue weighted by Crippen LogP contribution is -2.07. The molecule has 1 aromatic heterocycles. The molecule has 0 spiro atoms. The fourth-order valence-corrected chi connectivity index (χ4v) is 2.04. The summed E-state index contributed by atoms with van der Waals surface area (Å²) in [5.74, 6) is 0.877. The summed E-state index contributed by atoms with van der Waals surface area (Å²) in [6, 6.07) is 7.52. The Hall–Kier alpha value is -2.37. The molecule has 21 heavy (non-hydrogen) atoms. The zero-order valence-electron chi connectivity index (χ0n) is 11.8. The van der Waals surface area contributed by atoms with E-state index in [2.05, 4.69) is 15.4 Å². The smallest absolute Gasteiger partial charge is 0.361 e. The minimum atomic E-state index is -0.488. The van der Waals surface area contributed by atoms with Crippen molar-refractivity contribution in [3.8, 4) is 17.0 Å². The van der Waals surface area contributed by atoms with Crippen molar-refractivity contribution in [1.82, 2.24) is 15.4 Å². The van der Waals surface area contributed by atoms with Gasteiger partial charge in [0.1, 0.15) is 11.4 Å². The topological polar surface area (TPSA) is 77.1 Å². The van der Waals surface area contributed by atoms with E-state index in [1.165, 1.54) is 12.8 Å². The Bertz CT molecular complexity index is 635. The number of benzene rings is 1. The van der Waals surface area contributed by atoms with E-state index >= 15 is 0 Å². The first-order valence-electron chi connectivity index (χ1n) is 7.09. The zero-order valence-corrected chi connectivity index (χ0v) is 11.8. The van der Waals surface area contributed by atoms with E-state index in [9.17, 15) is 4.79 Å². The van der Waals surface area contributed by atoms with Crippen molar-refractivity contribution in [1.29, 1.82) is 0 Å². The molecule has 0 saturated heterocycles. The van der Waals surface area contributed by atoms with Crippen LogP contribution in [-0.4, -0.2) is 34.6 Å². The number of aromatic amines is 1. The first kappa shape index (κ1) is 13.6. The zero-order chi connectivity index (χ0) is 14.7. The van der Waals surface area contributed by atoms with E-state index in [1.54, 1.807) is 6.92 Å². The van der Waals surface area contributed by atoms with Crippen LogP contribution in [0.3, 0.4) is 0 Å². The lowest BCUT2D eigenvalue weighted by molar-refractivity contribution is 0.0520. The second kappa shape index (κ2) is 5.95. The van der Waals surface area contributed by atoms with Crippen molar-refractivity contribution in [3.63, 3.8) is 0 Å². The SMILES string of the molecule is CCOC(=O)c1n[nH]nc1-c1ccccc1OCC1CC1. The summed E-state index contributed by atoms with van der Waals surface area (Å²) in [4.78, 5) is 11.9. The van der Waals surface area contributed by atoms with Gasteiger partial charge in [0.05, 0.1) is 13.2 Å². The molecular formula is C15H17N3O3. The fraction of sp³-hybridized carbons (Fsp3) is 0.400. The molecule has 1 N–H and O–H groups in total. The average Bonchev–Trinajstić information content (AvgIpc) is 3.20. The van der Waals surface area contributed by atoms with Gasteiger partial charge in [0, 0.05) is 5.56 Å². The van der Waals surface area contributed by atoms with Crippen LogP contribution in [0.1, 0.15) is 30.3 Å². The predicted octanol–water partition coefficient (Wildman–Crippen LogP) is 2.44. The largest absolute Gasteiger partial charge is 0.493 e. The Morgan fingerprint density at radius 2 is 2.14 bits per heavy atom. The molecule has 1 aliphatic carbocycles. The van der Waals surface area contributed by atoms with Gasteiger partial charge < -0.3 is 9.47 Å². The molecule has 3 rings (SSSR count). The Morgan fingerprint density at radius 1 is 1.33 bits per heavy atom. The van der Waals surface area contributed by atoms with Crippen molar-refractivity contribution in [3.05, 3.63) is 30.0 Å². The van der Waals surface area contributed by atoms with Gasteiger partial charge in [0.2, 0.25) is 0 Å². The van der Waals surface area contributed by atoms with Gasteiger partial charge in [-0.3, -0.25) is 0 Å². The van der Waals surface area contributed by atoms with E-state index in [4.69, 9.17) is 9.47 Å². The maximum atomic E-state index is 11.9. The molecule has 0 aliphatic heterocycles. The van der Waals surface area contributed by atoms with E-state index in [0.717, 1.165) is 5.56 Å². The van der Waals surface area contributed by atoms with Gasteiger partial charge in [-0.1, -0.05) is 12.1 Å². The molecule has 1 fully saturated rings. The predicted molar refractivity (Wildman–Crippen MR) is 76.0 cm³/mol. The van der Waals surface area contributed by atoms with Gasteiger partial charge in [-0.15, -0.1) is 5.10 Å². The number of carbonyl (C=O) groups excluding carboxylic acids is 1. The van der Waals surface area contributed by atoms with Gasteiger partial charge >= 0.3 is 5.97 Å². The van der Waals surface area contributed by atoms with Crippen molar-refractivity contribution in [2.24, 2.45) is 5.92 Å². The Kier molecular flexibility index (Phi) is 3.85. The molecule has 6 nitrogen and oxygen atoms in total. The third-order valence-electron chi connectivity index (χ3n) is 3.33. The number of rotatable bonds is 6. The van der Waals surface area contributed by atoms with Crippen molar-refractivity contribution < 1.29 is 14.3 Å². The molecule has 0 amide bonds. The number of nitrogens with zero attached hydrogens (tertiary/aromatic N) is 2. The van der Waals surface area contributed by atoms with E-state index < -0.39 is 5.97 Å². The molecule has 1 heterocycles. The number of hydrogen-bond acceptors (Lipinski definition) is 5. The van der Waals surface area contributed by atoms with E-state index in [-0.39, 0.29) is 5.69 Å². The van der Waals surface area contributed by atoms with Crippen LogP contribution in [0.5, 0.6) is 5.75 Å². The number of hydrogen-bond donors (Lipinski definition) is 1. The van der Waals surface area contributed by atoms with Crippen LogP contribution in [0, 0.1) is 5.92 Å². The van der Waals surface area contributed by atoms with Crippen LogP contribution < -0.4 is 4.74 Å². The van der Waals surface area contributed by atoms with Gasteiger partial charge in [0.15, 0.2) is 5.69 Å². The first-order chi connectivity index (χ1) is 10.3. The molecule has 0 unspecified atom stereocenters. The standard InChI is InChI=1S/C15H17N3O3/c1-2-20-15(19)14-13(16-18-17-14)11-5-3-4-6-12(11)21-9-10-7-8-10/h3-6,10H,2,7-9H2,1H3,(H,16,17,18).